The highest BCUT2D eigenvalue weighted by atomic mass is 32.1. The van der Waals surface area contributed by atoms with Gasteiger partial charge in [-0.2, -0.15) is 0 Å². The molecule has 2 aromatic carbocycles. The average Bonchev–Trinajstić information content (AvgIpc) is 4.06. The van der Waals surface area contributed by atoms with Crippen LogP contribution in [-0.4, -0.2) is 140 Å². The summed E-state index contributed by atoms with van der Waals surface area (Å²) in [5.74, 6) is 0.202. The van der Waals surface area contributed by atoms with Crippen molar-refractivity contribution >= 4 is 34.7 Å². The minimum absolute atomic E-state index is 0.0607. The number of para-hydroxylation sites is 1. The van der Waals surface area contributed by atoms with Gasteiger partial charge >= 0.3 is 0 Å². The summed E-state index contributed by atoms with van der Waals surface area (Å²) in [6.45, 7) is 16.8. The quantitative estimate of drug-likeness (QED) is 0.113. The number of likely N-dealkylation sites (tertiary alicyclic amines) is 2. The number of aliphatic hydroxyl groups excluding tert-OH is 1. The highest BCUT2D eigenvalue weighted by molar-refractivity contribution is 7.13. The lowest BCUT2D eigenvalue weighted by atomic mass is 9.90. The molecule has 9 rings (SSSR count). The third kappa shape index (κ3) is 9.28. The molecule has 5 atom stereocenters. The van der Waals surface area contributed by atoms with Crippen LogP contribution in [0.3, 0.4) is 0 Å². The third-order valence-electron chi connectivity index (χ3n) is 13.8. The summed E-state index contributed by atoms with van der Waals surface area (Å²) in [5, 5.41) is 40.9. The molecule has 3 saturated heterocycles. The van der Waals surface area contributed by atoms with Crippen LogP contribution in [0.5, 0.6) is 11.6 Å². The van der Waals surface area contributed by atoms with Crippen LogP contribution < -0.4 is 20.3 Å². The number of aliphatic hydroxyl groups is 1. The number of ether oxygens (including phenoxy) is 1. The molecule has 7 heterocycles. The Labute approximate surface area is 384 Å². The molecule has 3 fully saturated rings. The second-order valence-corrected chi connectivity index (χ2v) is 19.5. The summed E-state index contributed by atoms with van der Waals surface area (Å²) in [4.78, 5) is 42.5. The Morgan fingerprint density at radius 2 is 1.83 bits per heavy atom. The van der Waals surface area contributed by atoms with Crippen molar-refractivity contribution in [3.63, 3.8) is 0 Å². The Morgan fingerprint density at radius 1 is 1.05 bits per heavy atom. The van der Waals surface area contributed by atoms with Gasteiger partial charge in [-0.15, -0.1) is 21.5 Å². The normalized spacial score (nSPS) is 22.6. The van der Waals surface area contributed by atoms with Gasteiger partial charge in [-0.05, 0) is 87.1 Å². The van der Waals surface area contributed by atoms with Crippen molar-refractivity contribution in [2.75, 3.05) is 69.2 Å². The standard InChI is InChI=1S/C48H60N10O6S/c1-29(2)43(47(62)57-25-35(59)22-39(57)46(61)51-30(3)32-10-12-33(13-11-32)44-31(4)50-28-65-44)41-24-42(54-64-41)63-21-20-55-16-14-34(15-17-55)56-18-19-58-38-23-37(36-8-6-7-9-40(36)60)52-53-45(38)49-26-48(58,5)27-56/h6-13,23-24,28-30,34-35,39,43,59-60H,14-22,25-27H2,1-5H3,(H,49,53)(H,51,61)/t30-,35+,39-,43+,48?/m0/s1. The summed E-state index contributed by atoms with van der Waals surface area (Å²) >= 11 is 1.59. The van der Waals surface area contributed by atoms with E-state index in [0.29, 0.717) is 35.5 Å². The number of phenolic OH excluding ortho intramolecular Hbond substituents is 1. The molecule has 0 saturated carbocycles. The third-order valence-corrected chi connectivity index (χ3v) is 14.8. The molecule has 4 aliphatic rings. The molecule has 17 heteroatoms. The lowest BCUT2D eigenvalue weighted by Gasteiger charge is -2.55. The van der Waals surface area contributed by atoms with Crippen LogP contribution in [0.4, 0.5) is 11.5 Å². The fraction of sp³-hybridized carbons (Fsp3) is 0.500. The molecule has 65 heavy (non-hydrogen) atoms. The van der Waals surface area contributed by atoms with Crippen LogP contribution in [0.1, 0.15) is 75.9 Å². The van der Waals surface area contributed by atoms with E-state index < -0.39 is 18.1 Å². The number of hydrogen-bond acceptors (Lipinski definition) is 15. The molecule has 0 spiro atoms. The van der Waals surface area contributed by atoms with E-state index in [1.165, 1.54) is 4.90 Å². The first kappa shape index (κ1) is 44.6. The number of phenols is 1. The summed E-state index contributed by atoms with van der Waals surface area (Å²) in [5.41, 5.74) is 7.07. The summed E-state index contributed by atoms with van der Waals surface area (Å²) in [7, 11) is 0. The van der Waals surface area contributed by atoms with E-state index in [0.717, 1.165) is 91.9 Å². The zero-order chi connectivity index (χ0) is 45.4. The number of anilines is 2. The van der Waals surface area contributed by atoms with Crippen molar-refractivity contribution in [2.45, 2.75) is 89.6 Å². The Bertz CT molecular complexity index is 2470. The van der Waals surface area contributed by atoms with E-state index in [1.807, 2.05) is 75.7 Å². The number of piperazine rings is 1. The molecule has 4 aliphatic heterocycles. The van der Waals surface area contributed by atoms with Crippen LogP contribution in [0.15, 0.2) is 70.7 Å². The number of piperidine rings is 1. The molecule has 1 unspecified atom stereocenters. The zero-order valence-electron chi connectivity index (χ0n) is 37.8. The maximum Gasteiger partial charge on any atom is 0.254 e. The van der Waals surface area contributed by atoms with E-state index in [9.17, 15) is 19.8 Å². The Balaban J connectivity index is 0.750. The summed E-state index contributed by atoms with van der Waals surface area (Å²) in [6.07, 6.45) is 1.48. The van der Waals surface area contributed by atoms with Crippen molar-refractivity contribution < 1.29 is 29.1 Å². The fourth-order valence-corrected chi connectivity index (χ4v) is 11.0. The highest BCUT2D eigenvalue weighted by Crippen LogP contribution is 2.41. The van der Waals surface area contributed by atoms with Gasteiger partial charge in [0, 0.05) is 63.4 Å². The van der Waals surface area contributed by atoms with E-state index in [4.69, 9.17) is 9.26 Å². The maximum absolute atomic E-state index is 14.2. The molecule has 0 radical (unpaired) electrons. The molecule has 5 aromatic rings. The molecule has 4 N–H and O–H groups in total. The molecule has 16 nitrogen and oxygen atoms in total. The van der Waals surface area contributed by atoms with Gasteiger partial charge in [-0.25, -0.2) is 4.98 Å². The predicted octanol–water partition coefficient (Wildman–Crippen LogP) is 5.70. The number of amides is 2. The number of hydrogen-bond donors (Lipinski definition) is 4. The topological polar surface area (TPSA) is 186 Å². The number of fused-ring (bicyclic) bond motifs is 3. The number of nitrogens with one attached hydrogen (secondary N) is 2. The summed E-state index contributed by atoms with van der Waals surface area (Å²) < 4.78 is 11.8. The van der Waals surface area contributed by atoms with Gasteiger partial charge in [0.2, 0.25) is 11.8 Å². The van der Waals surface area contributed by atoms with E-state index in [1.54, 1.807) is 29.5 Å². The van der Waals surface area contributed by atoms with E-state index in [2.05, 4.69) is 52.6 Å². The Hall–Kier alpha value is -5.62. The SMILES string of the molecule is Cc1ncsc1-c1ccc([C@H](C)NC(=O)[C@@H]2C[C@@H](O)CN2C(=O)[C@@H](c2cc(OCCN3CCC(N4CCN5c6cc(-c7ccccc7O)nnc6NCC5(C)C4)CC3)no2)C(C)C)cc1. The number of aromatic nitrogens is 4. The van der Waals surface area contributed by atoms with Crippen molar-refractivity contribution in [2.24, 2.45) is 5.92 Å². The molecule has 0 bridgehead atoms. The monoisotopic (exact) mass is 904 g/mol. The maximum atomic E-state index is 14.2. The molecule has 344 valence electrons. The number of nitrogens with zero attached hydrogens (tertiary/aromatic N) is 8. The fourth-order valence-electron chi connectivity index (χ4n) is 10.2. The molecule has 0 aliphatic carbocycles. The first-order valence-electron chi connectivity index (χ1n) is 22.9. The molecular formula is C48H60N10O6S. The van der Waals surface area contributed by atoms with Gasteiger partial charge in [0.25, 0.3) is 5.88 Å². The second-order valence-electron chi connectivity index (χ2n) is 18.7. The summed E-state index contributed by atoms with van der Waals surface area (Å²) in [6, 6.07) is 18.4. The second kappa shape index (κ2) is 18.7. The van der Waals surface area contributed by atoms with Crippen LogP contribution in [0, 0.1) is 12.8 Å². The smallest absolute Gasteiger partial charge is 0.254 e. The van der Waals surface area contributed by atoms with E-state index >= 15 is 0 Å². The van der Waals surface area contributed by atoms with Gasteiger partial charge in [-0.1, -0.05) is 50.2 Å². The minimum atomic E-state index is -0.821. The Morgan fingerprint density at radius 3 is 2.57 bits per heavy atom. The number of aromatic hydroxyl groups is 1. The van der Waals surface area contributed by atoms with Gasteiger partial charge in [0.1, 0.15) is 24.3 Å². The first-order chi connectivity index (χ1) is 31.3. The van der Waals surface area contributed by atoms with Gasteiger partial charge < -0.3 is 39.9 Å². The zero-order valence-corrected chi connectivity index (χ0v) is 38.6. The van der Waals surface area contributed by atoms with Crippen molar-refractivity contribution in [3.05, 3.63) is 83.2 Å². The lowest BCUT2D eigenvalue weighted by Crippen LogP contribution is -2.67. The number of carbonyl (C=O) groups is 2. The number of aryl methyl sites for hydroxylation is 1. The van der Waals surface area contributed by atoms with Crippen molar-refractivity contribution in [1.29, 1.82) is 0 Å². The largest absolute Gasteiger partial charge is 0.507 e. The lowest BCUT2D eigenvalue weighted by molar-refractivity contribution is -0.141. The predicted molar refractivity (Wildman–Crippen MR) is 249 cm³/mol. The average molecular weight is 905 g/mol. The van der Waals surface area contributed by atoms with Crippen molar-refractivity contribution in [1.82, 2.24) is 40.4 Å². The minimum Gasteiger partial charge on any atom is -0.507 e. The van der Waals surface area contributed by atoms with Gasteiger partial charge in [0.15, 0.2) is 11.6 Å². The first-order valence-corrected chi connectivity index (χ1v) is 23.8. The van der Waals surface area contributed by atoms with Crippen LogP contribution in [0.25, 0.3) is 21.7 Å². The number of thiazole rings is 1. The number of benzene rings is 2. The molecular weight excluding hydrogens is 845 g/mol. The molecule has 2 amide bonds. The van der Waals surface area contributed by atoms with Gasteiger partial charge in [-0.3, -0.25) is 19.4 Å². The number of carbonyl (C=O) groups excluding carboxylic acids is 2. The number of rotatable bonds is 13. The van der Waals surface area contributed by atoms with Crippen LogP contribution in [0.2, 0.25) is 0 Å². The van der Waals surface area contributed by atoms with Crippen molar-refractivity contribution in [3.8, 4) is 33.3 Å². The van der Waals surface area contributed by atoms with Gasteiger partial charge in [0.05, 0.1) is 45.1 Å². The van der Waals surface area contributed by atoms with E-state index in [-0.39, 0.29) is 48.0 Å². The molecule has 3 aromatic heterocycles. The van der Waals surface area contributed by atoms with Crippen LogP contribution in [-0.2, 0) is 9.59 Å². The van der Waals surface area contributed by atoms with Crippen LogP contribution >= 0.6 is 11.3 Å². The number of β-amino-alcohol motifs (C(OH)–C–C–N with tert-alkyl or cyclic N) is 1. The highest BCUT2D eigenvalue weighted by Gasteiger charge is 2.45. The Kier molecular flexibility index (Phi) is 12.8.